The van der Waals surface area contributed by atoms with E-state index < -0.39 is 0 Å². The summed E-state index contributed by atoms with van der Waals surface area (Å²) in [5.74, 6) is 1.88. The topological polar surface area (TPSA) is 42.7 Å². The zero-order chi connectivity index (χ0) is 15.1. The highest BCUT2D eigenvalue weighted by Gasteiger charge is 2.24. The van der Waals surface area contributed by atoms with Crippen molar-refractivity contribution in [1.29, 1.82) is 0 Å². The van der Waals surface area contributed by atoms with E-state index in [1.807, 2.05) is 6.92 Å². The third-order valence-electron chi connectivity index (χ3n) is 4.26. The van der Waals surface area contributed by atoms with Crippen LogP contribution in [0.3, 0.4) is 0 Å². The van der Waals surface area contributed by atoms with E-state index >= 15 is 0 Å². The Hall–Kier alpha value is -2.46. The van der Waals surface area contributed by atoms with E-state index in [9.17, 15) is 0 Å². The lowest BCUT2D eigenvalue weighted by molar-refractivity contribution is 0.598. The molecular weight excluding hydrogens is 272 g/mol. The van der Waals surface area contributed by atoms with E-state index in [4.69, 9.17) is 0 Å². The first kappa shape index (κ1) is 13.2. The molecule has 1 aromatic heterocycles. The SMILES string of the molecule is Cc1ccc(C2NCc3nnc(C)n3-c3ccccc32)cc1. The molecule has 0 aliphatic carbocycles. The van der Waals surface area contributed by atoms with Crippen molar-refractivity contribution < 1.29 is 0 Å². The molecule has 3 aromatic rings. The monoisotopic (exact) mass is 290 g/mol. The molecule has 22 heavy (non-hydrogen) atoms. The number of aryl methyl sites for hydroxylation is 2. The van der Waals surface area contributed by atoms with Gasteiger partial charge in [0.25, 0.3) is 0 Å². The number of nitrogens with one attached hydrogen (secondary N) is 1. The minimum absolute atomic E-state index is 0.165. The lowest BCUT2D eigenvalue weighted by Gasteiger charge is -2.19. The van der Waals surface area contributed by atoms with E-state index in [2.05, 4.69) is 75.5 Å². The Morgan fingerprint density at radius 3 is 2.59 bits per heavy atom. The summed E-state index contributed by atoms with van der Waals surface area (Å²) in [5.41, 5.74) is 4.97. The highest BCUT2D eigenvalue weighted by Crippen LogP contribution is 2.31. The Kier molecular flexibility index (Phi) is 3.05. The number of para-hydroxylation sites is 1. The average molecular weight is 290 g/mol. The van der Waals surface area contributed by atoms with Crippen molar-refractivity contribution in [2.75, 3.05) is 0 Å². The molecule has 2 aromatic carbocycles. The molecule has 0 bridgehead atoms. The first-order valence-corrected chi connectivity index (χ1v) is 7.54. The van der Waals surface area contributed by atoms with Crippen LogP contribution in [0.2, 0.25) is 0 Å². The molecule has 1 atom stereocenters. The molecule has 1 aliphatic rings. The molecule has 1 aliphatic heterocycles. The van der Waals surface area contributed by atoms with Gasteiger partial charge in [-0.3, -0.25) is 9.88 Å². The standard InChI is InChI=1S/C18H18N4/c1-12-7-9-14(10-8-12)18-15-5-3-4-6-16(15)22-13(2)20-21-17(22)11-19-18/h3-10,18-19H,11H2,1-2H3. The first-order valence-electron chi connectivity index (χ1n) is 7.54. The maximum Gasteiger partial charge on any atom is 0.151 e. The van der Waals surface area contributed by atoms with Gasteiger partial charge >= 0.3 is 0 Å². The van der Waals surface area contributed by atoms with Crippen LogP contribution in [-0.4, -0.2) is 14.8 Å². The van der Waals surface area contributed by atoms with Crippen LogP contribution in [-0.2, 0) is 6.54 Å². The summed E-state index contributed by atoms with van der Waals surface area (Å²) in [6.45, 7) is 4.82. The van der Waals surface area contributed by atoms with Gasteiger partial charge in [0.15, 0.2) is 5.82 Å². The molecule has 0 saturated heterocycles. The first-order chi connectivity index (χ1) is 10.7. The maximum absolute atomic E-state index is 4.31. The molecule has 4 rings (SSSR count). The van der Waals surface area contributed by atoms with Crippen molar-refractivity contribution in [2.24, 2.45) is 0 Å². The fraction of sp³-hybridized carbons (Fsp3) is 0.222. The van der Waals surface area contributed by atoms with Gasteiger partial charge in [0.2, 0.25) is 0 Å². The van der Waals surface area contributed by atoms with Crippen LogP contribution >= 0.6 is 0 Å². The quantitative estimate of drug-likeness (QED) is 0.749. The van der Waals surface area contributed by atoms with Crippen LogP contribution in [0.15, 0.2) is 48.5 Å². The van der Waals surface area contributed by atoms with Crippen LogP contribution in [0.25, 0.3) is 5.69 Å². The summed E-state index contributed by atoms with van der Waals surface area (Å²) < 4.78 is 2.15. The molecule has 4 heteroatoms. The van der Waals surface area contributed by atoms with Gasteiger partial charge in [0.05, 0.1) is 18.3 Å². The fourth-order valence-electron chi connectivity index (χ4n) is 3.13. The lowest BCUT2D eigenvalue weighted by Crippen LogP contribution is -2.21. The normalized spacial score (nSPS) is 16.7. The minimum atomic E-state index is 0.165. The molecular formula is C18H18N4. The molecule has 4 nitrogen and oxygen atoms in total. The van der Waals surface area contributed by atoms with E-state index in [-0.39, 0.29) is 6.04 Å². The van der Waals surface area contributed by atoms with Crippen molar-refractivity contribution in [3.63, 3.8) is 0 Å². The lowest BCUT2D eigenvalue weighted by atomic mass is 9.96. The van der Waals surface area contributed by atoms with E-state index in [0.717, 1.165) is 17.3 Å². The number of hydrogen-bond acceptors (Lipinski definition) is 3. The zero-order valence-corrected chi connectivity index (χ0v) is 12.7. The number of rotatable bonds is 1. The van der Waals surface area contributed by atoms with Crippen LogP contribution in [0.4, 0.5) is 0 Å². The van der Waals surface area contributed by atoms with Gasteiger partial charge in [-0.05, 0) is 31.0 Å². The van der Waals surface area contributed by atoms with Crippen molar-refractivity contribution in [3.05, 3.63) is 76.9 Å². The second kappa shape index (κ2) is 5.07. The summed E-state index contributed by atoms with van der Waals surface area (Å²) >= 11 is 0. The second-order valence-corrected chi connectivity index (χ2v) is 5.78. The van der Waals surface area contributed by atoms with Gasteiger partial charge in [0, 0.05) is 0 Å². The average Bonchev–Trinajstić information content (AvgIpc) is 2.82. The van der Waals surface area contributed by atoms with Crippen molar-refractivity contribution in [1.82, 2.24) is 20.1 Å². The van der Waals surface area contributed by atoms with Crippen molar-refractivity contribution >= 4 is 0 Å². The molecule has 0 fully saturated rings. The Labute approximate surface area is 129 Å². The summed E-state index contributed by atoms with van der Waals surface area (Å²) in [6, 6.07) is 17.4. The Morgan fingerprint density at radius 2 is 1.77 bits per heavy atom. The maximum atomic E-state index is 4.31. The van der Waals surface area contributed by atoms with Gasteiger partial charge in [0.1, 0.15) is 5.82 Å². The molecule has 1 N–H and O–H groups in total. The molecule has 110 valence electrons. The minimum Gasteiger partial charge on any atom is -0.299 e. The predicted molar refractivity (Wildman–Crippen MR) is 86.0 cm³/mol. The second-order valence-electron chi connectivity index (χ2n) is 5.78. The van der Waals surface area contributed by atoms with Crippen molar-refractivity contribution in [3.8, 4) is 5.69 Å². The fourth-order valence-corrected chi connectivity index (χ4v) is 3.13. The summed E-state index contributed by atoms with van der Waals surface area (Å²) in [5, 5.41) is 12.1. The third-order valence-corrected chi connectivity index (χ3v) is 4.26. The van der Waals surface area contributed by atoms with Crippen LogP contribution in [0.5, 0.6) is 0 Å². The van der Waals surface area contributed by atoms with Gasteiger partial charge < -0.3 is 0 Å². The molecule has 1 unspecified atom stereocenters. The summed E-state index contributed by atoms with van der Waals surface area (Å²) in [6.07, 6.45) is 0. The summed E-state index contributed by atoms with van der Waals surface area (Å²) in [4.78, 5) is 0. The number of fused-ring (bicyclic) bond motifs is 3. The Morgan fingerprint density at radius 1 is 1.00 bits per heavy atom. The number of nitrogens with zero attached hydrogens (tertiary/aromatic N) is 3. The number of benzene rings is 2. The molecule has 0 radical (unpaired) electrons. The Bertz CT molecular complexity index is 817. The van der Waals surface area contributed by atoms with Gasteiger partial charge in [-0.25, -0.2) is 0 Å². The highest BCUT2D eigenvalue weighted by atomic mass is 15.3. The van der Waals surface area contributed by atoms with Crippen LogP contribution < -0.4 is 5.32 Å². The van der Waals surface area contributed by atoms with Crippen LogP contribution in [0, 0.1) is 13.8 Å². The van der Waals surface area contributed by atoms with Gasteiger partial charge in [-0.15, -0.1) is 10.2 Å². The number of aromatic nitrogens is 3. The van der Waals surface area contributed by atoms with E-state index in [0.29, 0.717) is 6.54 Å². The van der Waals surface area contributed by atoms with Crippen molar-refractivity contribution in [2.45, 2.75) is 26.4 Å². The molecule has 0 amide bonds. The van der Waals surface area contributed by atoms with E-state index in [1.54, 1.807) is 0 Å². The predicted octanol–water partition coefficient (Wildman–Crippen LogP) is 3.08. The molecule has 0 saturated carbocycles. The third kappa shape index (κ3) is 2.04. The molecule has 0 spiro atoms. The summed E-state index contributed by atoms with van der Waals surface area (Å²) in [7, 11) is 0. The van der Waals surface area contributed by atoms with E-state index in [1.165, 1.54) is 16.7 Å². The van der Waals surface area contributed by atoms with Crippen LogP contribution in [0.1, 0.15) is 34.4 Å². The zero-order valence-electron chi connectivity index (χ0n) is 12.7. The highest BCUT2D eigenvalue weighted by molar-refractivity contribution is 5.49. The number of hydrogen-bond donors (Lipinski definition) is 1. The van der Waals surface area contributed by atoms with Gasteiger partial charge in [-0.1, -0.05) is 48.0 Å². The smallest absolute Gasteiger partial charge is 0.151 e. The van der Waals surface area contributed by atoms with Gasteiger partial charge in [-0.2, -0.15) is 0 Å². The largest absolute Gasteiger partial charge is 0.299 e. The molecule has 2 heterocycles. The Balaban J connectivity index is 1.90.